The highest BCUT2D eigenvalue weighted by Gasteiger charge is 2.07. The van der Waals surface area contributed by atoms with Crippen LogP contribution in [0.25, 0.3) is 5.65 Å². The van der Waals surface area contributed by atoms with Crippen LogP contribution < -0.4 is 11.0 Å². The molecule has 0 saturated carbocycles. The van der Waals surface area contributed by atoms with E-state index in [1.54, 1.807) is 17.8 Å². The lowest BCUT2D eigenvalue weighted by Gasteiger charge is -2.15. The van der Waals surface area contributed by atoms with Gasteiger partial charge >= 0.3 is 5.69 Å². The van der Waals surface area contributed by atoms with Gasteiger partial charge in [-0.05, 0) is 12.7 Å². The maximum atomic E-state index is 11.3. The number of thioether (sulfide) groups is 1. The van der Waals surface area contributed by atoms with Crippen molar-refractivity contribution >= 4 is 23.2 Å². The summed E-state index contributed by atoms with van der Waals surface area (Å²) in [4.78, 5) is 15.4. The first kappa shape index (κ1) is 12.0. The molecule has 1 unspecified atom stereocenters. The molecule has 0 aromatic carbocycles. The Balaban J connectivity index is 2.21. The minimum atomic E-state index is -0.268. The smallest absolute Gasteiger partial charge is 0.348 e. The topological polar surface area (TPSA) is 75.1 Å². The first-order valence-electron chi connectivity index (χ1n) is 5.43. The Morgan fingerprint density at radius 1 is 1.65 bits per heavy atom. The van der Waals surface area contributed by atoms with E-state index < -0.39 is 0 Å². The molecule has 0 radical (unpaired) electrons. The molecule has 6 nitrogen and oxygen atoms in total. The average Bonchev–Trinajstić information content (AvgIpc) is 2.70. The van der Waals surface area contributed by atoms with Crippen molar-refractivity contribution in [1.29, 1.82) is 0 Å². The van der Waals surface area contributed by atoms with Crippen molar-refractivity contribution in [2.45, 2.75) is 19.4 Å². The van der Waals surface area contributed by atoms with Crippen molar-refractivity contribution in [2.24, 2.45) is 0 Å². The predicted octanol–water partition coefficient (Wildman–Crippen LogP) is 0.971. The zero-order valence-corrected chi connectivity index (χ0v) is 10.6. The van der Waals surface area contributed by atoms with E-state index in [9.17, 15) is 4.79 Å². The standard InChI is InChI=1S/C10H15N5OS/c1-3-7(5-17-2)12-8-4-9-13-14-10(16)15(9)6-11-8/h4,6-7,12H,3,5H2,1-2H3,(H,14,16). The fraction of sp³-hybridized carbons (Fsp3) is 0.500. The Kier molecular flexibility index (Phi) is 3.68. The highest BCUT2D eigenvalue weighted by atomic mass is 32.2. The monoisotopic (exact) mass is 253 g/mol. The molecule has 0 fully saturated rings. The highest BCUT2D eigenvalue weighted by Crippen LogP contribution is 2.10. The van der Waals surface area contributed by atoms with E-state index in [0.29, 0.717) is 11.7 Å². The molecule has 0 saturated heterocycles. The second-order valence-electron chi connectivity index (χ2n) is 3.74. The molecule has 0 bridgehead atoms. The summed E-state index contributed by atoms with van der Waals surface area (Å²) >= 11 is 1.79. The molecular weight excluding hydrogens is 238 g/mol. The molecule has 0 aliphatic carbocycles. The van der Waals surface area contributed by atoms with Gasteiger partial charge in [0.15, 0.2) is 5.65 Å². The molecule has 2 N–H and O–H groups in total. The van der Waals surface area contributed by atoms with E-state index in [2.05, 4.69) is 33.7 Å². The fourth-order valence-corrected chi connectivity index (χ4v) is 2.28. The summed E-state index contributed by atoms with van der Waals surface area (Å²) in [6.45, 7) is 2.13. The Morgan fingerprint density at radius 3 is 3.18 bits per heavy atom. The van der Waals surface area contributed by atoms with Crippen LogP contribution in [0.15, 0.2) is 17.2 Å². The van der Waals surface area contributed by atoms with Crippen molar-refractivity contribution < 1.29 is 0 Å². The van der Waals surface area contributed by atoms with Gasteiger partial charge in [0.2, 0.25) is 0 Å². The van der Waals surface area contributed by atoms with E-state index in [0.717, 1.165) is 18.0 Å². The minimum absolute atomic E-state index is 0.268. The van der Waals surface area contributed by atoms with Gasteiger partial charge in [-0.3, -0.25) is 0 Å². The first-order chi connectivity index (χ1) is 8.24. The molecule has 2 rings (SSSR count). The second-order valence-corrected chi connectivity index (χ2v) is 4.65. The van der Waals surface area contributed by atoms with Crippen molar-refractivity contribution in [3.05, 3.63) is 22.9 Å². The summed E-state index contributed by atoms with van der Waals surface area (Å²) in [5.74, 6) is 1.77. The first-order valence-corrected chi connectivity index (χ1v) is 6.82. The minimum Gasteiger partial charge on any atom is -0.366 e. The van der Waals surface area contributed by atoms with Crippen LogP contribution in [0.5, 0.6) is 0 Å². The van der Waals surface area contributed by atoms with Gasteiger partial charge in [0, 0.05) is 17.9 Å². The van der Waals surface area contributed by atoms with E-state index in [1.165, 1.54) is 10.7 Å². The number of aromatic nitrogens is 4. The van der Waals surface area contributed by atoms with Crippen molar-refractivity contribution in [3.8, 4) is 0 Å². The SMILES string of the molecule is CCC(CSC)Nc1cc2n[nH]c(=O)n2cn1. The van der Waals surface area contributed by atoms with Gasteiger partial charge in [-0.2, -0.15) is 16.9 Å². The third-order valence-corrected chi connectivity index (χ3v) is 3.26. The summed E-state index contributed by atoms with van der Waals surface area (Å²) < 4.78 is 1.38. The maximum Gasteiger partial charge on any atom is 0.348 e. The lowest BCUT2D eigenvalue weighted by Crippen LogP contribution is -2.22. The van der Waals surface area contributed by atoms with Crippen molar-refractivity contribution in [3.63, 3.8) is 0 Å². The Hall–Kier alpha value is -1.50. The molecule has 7 heteroatoms. The number of nitrogens with zero attached hydrogens (tertiary/aromatic N) is 3. The molecule has 0 amide bonds. The van der Waals surface area contributed by atoms with Crippen molar-refractivity contribution in [2.75, 3.05) is 17.3 Å². The van der Waals surface area contributed by atoms with Gasteiger partial charge in [0.05, 0.1) is 0 Å². The lowest BCUT2D eigenvalue weighted by molar-refractivity contribution is 0.768. The van der Waals surface area contributed by atoms with Crippen LogP contribution in [0, 0.1) is 0 Å². The van der Waals surface area contributed by atoms with E-state index >= 15 is 0 Å². The number of hydrogen-bond donors (Lipinski definition) is 2. The van der Waals surface area contributed by atoms with Crippen LogP contribution in [0.3, 0.4) is 0 Å². The normalized spacial score (nSPS) is 12.8. The van der Waals surface area contributed by atoms with Gasteiger partial charge in [-0.25, -0.2) is 19.3 Å². The predicted molar refractivity (Wildman–Crippen MR) is 69.7 cm³/mol. The van der Waals surface area contributed by atoms with Crippen LogP contribution >= 0.6 is 11.8 Å². The Morgan fingerprint density at radius 2 is 2.47 bits per heavy atom. The molecule has 17 heavy (non-hydrogen) atoms. The Labute approximate surface area is 103 Å². The van der Waals surface area contributed by atoms with Gasteiger partial charge < -0.3 is 5.32 Å². The molecule has 0 aliphatic rings. The van der Waals surface area contributed by atoms with Gasteiger partial charge in [0.25, 0.3) is 0 Å². The number of H-pyrrole nitrogens is 1. The number of rotatable bonds is 5. The third kappa shape index (κ3) is 2.60. The molecule has 2 heterocycles. The van der Waals surface area contributed by atoms with Crippen molar-refractivity contribution in [1.82, 2.24) is 19.6 Å². The average molecular weight is 253 g/mol. The van der Waals surface area contributed by atoms with E-state index in [1.807, 2.05) is 0 Å². The molecule has 0 aliphatic heterocycles. The van der Waals surface area contributed by atoms with Gasteiger partial charge in [0.1, 0.15) is 12.1 Å². The number of hydrogen-bond acceptors (Lipinski definition) is 5. The molecule has 0 spiro atoms. The molecule has 1 atom stereocenters. The van der Waals surface area contributed by atoms with Gasteiger partial charge in [-0.15, -0.1) is 0 Å². The van der Waals surface area contributed by atoms with Crippen LogP contribution in [-0.4, -0.2) is 37.6 Å². The maximum absolute atomic E-state index is 11.3. The number of nitrogens with one attached hydrogen (secondary N) is 2. The number of anilines is 1. The van der Waals surface area contributed by atoms with Crippen LogP contribution in [0.4, 0.5) is 5.82 Å². The van der Waals surface area contributed by atoms with E-state index in [4.69, 9.17) is 0 Å². The van der Waals surface area contributed by atoms with Gasteiger partial charge in [-0.1, -0.05) is 6.92 Å². The fourth-order valence-electron chi connectivity index (χ4n) is 1.56. The Bertz CT molecular complexity index is 549. The summed E-state index contributed by atoms with van der Waals surface area (Å²) in [5.41, 5.74) is 0.307. The quantitative estimate of drug-likeness (QED) is 0.830. The largest absolute Gasteiger partial charge is 0.366 e. The summed E-state index contributed by atoms with van der Waals surface area (Å²) in [5, 5.41) is 9.61. The summed E-state index contributed by atoms with van der Waals surface area (Å²) in [6, 6.07) is 2.14. The van der Waals surface area contributed by atoms with Crippen LogP contribution in [0.1, 0.15) is 13.3 Å². The second kappa shape index (κ2) is 5.22. The molecular formula is C10H15N5OS. The highest BCUT2D eigenvalue weighted by molar-refractivity contribution is 7.98. The molecule has 2 aromatic rings. The number of fused-ring (bicyclic) bond motifs is 1. The van der Waals surface area contributed by atoms with Crippen LogP contribution in [-0.2, 0) is 0 Å². The zero-order chi connectivity index (χ0) is 12.3. The zero-order valence-electron chi connectivity index (χ0n) is 9.80. The molecule has 2 aromatic heterocycles. The molecule has 92 valence electrons. The summed E-state index contributed by atoms with van der Waals surface area (Å²) in [7, 11) is 0. The third-order valence-electron chi connectivity index (χ3n) is 2.52. The van der Waals surface area contributed by atoms with E-state index in [-0.39, 0.29) is 5.69 Å². The van der Waals surface area contributed by atoms with Crippen LogP contribution in [0.2, 0.25) is 0 Å². The summed E-state index contributed by atoms with van der Waals surface area (Å²) in [6.07, 6.45) is 4.59. The number of aromatic amines is 1. The lowest BCUT2D eigenvalue weighted by atomic mass is 10.2.